The second-order valence-electron chi connectivity index (χ2n) is 7.78. The molecule has 0 unspecified atom stereocenters. The number of anilines is 2. The van der Waals surface area contributed by atoms with Gasteiger partial charge >= 0.3 is 6.18 Å². The van der Waals surface area contributed by atoms with Crippen LogP contribution in [0.1, 0.15) is 42.0 Å². The lowest BCUT2D eigenvalue weighted by Gasteiger charge is -2.20. The van der Waals surface area contributed by atoms with Crippen LogP contribution in [0.15, 0.2) is 42.1 Å². The molecule has 0 saturated carbocycles. The predicted octanol–water partition coefficient (Wildman–Crippen LogP) is 4.09. The standard InChI is InChI=1S/C23H25F3N4O2/c1-13-9-14(2)11-17(10-13)30-19-12-16(23(24,25)26)6-7-18(19)21(22(30)32)15(3)28-29-20(31)5-4-8-27/h6-7,9-12,28H,4-5,8,27H2,1-3H3,(H,29,31)/b21-15-. The van der Waals surface area contributed by atoms with Crippen LogP contribution in [0, 0.1) is 13.8 Å². The van der Waals surface area contributed by atoms with Crippen LogP contribution in [-0.2, 0) is 15.8 Å². The summed E-state index contributed by atoms with van der Waals surface area (Å²) in [5.74, 6) is -0.787. The molecule has 4 N–H and O–H groups in total. The molecule has 2 aromatic rings. The maximum atomic E-state index is 13.4. The van der Waals surface area contributed by atoms with E-state index in [-0.39, 0.29) is 23.6 Å². The van der Waals surface area contributed by atoms with E-state index in [0.29, 0.717) is 29.9 Å². The normalized spacial score (nSPS) is 15.0. The van der Waals surface area contributed by atoms with Gasteiger partial charge in [0.2, 0.25) is 5.91 Å². The summed E-state index contributed by atoms with van der Waals surface area (Å²) in [5, 5.41) is 0. The van der Waals surface area contributed by atoms with Crippen molar-refractivity contribution in [2.45, 2.75) is 39.8 Å². The number of hydrogen-bond acceptors (Lipinski definition) is 4. The van der Waals surface area contributed by atoms with Crippen LogP contribution in [0.4, 0.5) is 24.5 Å². The Kier molecular flexibility index (Phi) is 6.59. The van der Waals surface area contributed by atoms with Crippen LogP contribution in [0.3, 0.4) is 0 Å². The number of benzene rings is 2. The average Bonchev–Trinajstić information content (AvgIpc) is 3.00. The highest BCUT2D eigenvalue weighted by Gasteiger charge is 2.39. The van der Waals surface area contributed by atoms with Gasteiger partial charge in [-0.2, -0.15) is 13.2 Å². The minimum absolute atomic E-state index is 0.139. The lowest BCUT2D eigenvalue weighted by atomic mass is 10.0. The first-order chi connectivity index (χ1) is 15.0. The highest BCUT2D eigenvalue weighted by Crippen LogP contribution is 2.45. The summed E-state index contributed by atoms with van der Waals surface area (Å²) in [7, 11) is 0. The number of halogens is 3. The van der Waals surface area contributed by atoms with Crippen LogP contribution in [-0.4, -0.2) is 18.4 Å². The molecule has 3 rings (SSSR count). The Balaban J connectivity index is 2.08. The monoisotopic (exact) mass is 446 g/mol. The molecule has 2 aromatic carbocycles. The first-order valence-electron chi connectivity index (χ1n) is 10.1. The maximum Gasteiger partial charge on any atom is 0.416 e. The van der Waals surface area contributed by atoms with Gasteiger partial charge in [0.1, 0.15) is 0 Å². The third-order valence-corrected chi connectivity index (χ3v) is 5.09. The van der Waals surface area contributed by atoms with Gasteiger partial charge in [0.05, 0.1) is 16.8 Å². The molecular formula is C23H25F3N4O2. The summed E-state index contributed by atoms with van der Waals surface area (Å²) < 4.78 is 40.2. The fourth-order valence-corrected chi connectivity index (χ4v) is 3.69. The number of hydrazine groups is 1. The molecule has 0 saturated heterocycles. The van der Waals surface area contributed by atoms with Gasteiger partial charge in [0.15, 0.2) is 0 Å². The third kappa shape index (κ3) is 4.77. The maximum absolute atomic E-state index is 13.4. The van der Waals surface area contributed by atoms with E-state index in [4.69, 9.17) is 5.73 Å². The van der Waals surface area contributed by atoms with Crippen LogP contribution in [0.25, 0.3) is 5.57 Å². The Morgan fingerprint density at radius 3 is 2.31 bits per heavy atom. The number of carbonyl (C=O) groups excluding carboxylic acids is 2. The predicted molar refractivity (Wildman–Crippen MR) is 117 cm³/mol. The molecule has 9 heteroatoms. The van der Waals surface area contributed by atoms with Crippen molar-refractivity contribution < 1.29 is 22.8 Å². The van der Waals surface area contributed by atoms with Crippen molar-refractivity contribution in [1.82, 2.24) is 10.9 Å². The lowest BCUT2D eigenvalue weighted by Crippen LogP contribution is -2.37. The number of hydrogen-bond donors (Lipinski definition) is 3. The molecule has 1 heterocycles. The van der Waals surface area contributed by atoms with Crippen molar-refractivity contribution in [3.05, 3.63) is 64.3 Å². The number of nitrogens with zero attached hydrogens (tertiary/aromatic N) is 1. The molecule has 170 valence electrons. The summed E-state index contributed by atoms with van der Waals surface area (Å²) in [6, 6.07) is 8.62. The van der Waals surface area contributed by atoms with Crippen LogP contribution in [0.2, 0.25) is 0 Å². The van der Waals surface area contributed by atoms with E-state index in [1.165, 1.54) is 11.0 Å². The van der Waals surface area contributed by atoms with Gasteiger partial charge < -0.3 is 11.2 Å². The molecule has 32 heavy (non-hydrogen) atoms. The van der Waals surface area contributed by atoms with Gasteiger partial charge in [-0.3, -0.25) is 19.9 Å². The fourth-order valence-electron chi connectivity index (χ4n) is 3.69. The largest absolute Gasteiger partial charge is 0.416 e. The zero-order valence-corrected chi connectivity index (χ0v) is 18.1. The van der Waals surface area contributed by atoms with Crippen molar-refractivity contribution in [2.75, 3.05) is 11.4 Å². The van der Waals surface area contributed by atoms with Crippen LogP contribution in [0.5, 0.6) is 0 Å². The van der Waals surface area contributed by atoms with Crippen LogP contribution < -0.4 is 21.5 Å². The minimum Gasteiger partial charge on any atom is -0.330 e. The molecule has 0 aliphatic carbocycles. The van der Waals surface area contributed by atoms with Crippen molar-refractivity contribution in [3.63, 3.8) is 0 Å². The molecule has 6 nitrogen and oxygen atoms in total. The number of rotatable bonds is 6. The second-order valence-corrected chi connectivity index (χ2v) is 7.78. The molecule has 0 atom stereocenters. The van der Waals surface area contributed by atoms with E-state index in [2.05, 4.69) is 10.9 Å². The summed E-state index contributed by atoms with van der Waals surface area (Å²) in [6.07, 6.45) is -3.84. The average molecular weight is 446 g/mol. The summed E-state index contributed by atoms with van der Waals surface area (Å²) in [5.41, 5.74) is 13.0. The Labute approximate surface area is 184 Å². The number of alkyl halides is 3. The molecule has 2 amide bonds. The van der Waals surface area contributed by atoms with E-state index in [1.54, 1.807) is 19.1 Å². The number of carbonyl (C=O) groups is 2. The molecule has 0 fully saturated rings. The number of nitrogens with two attached hydrogens (primary N) is 1. The van der Waals surface area contributed by atoms with Gasteiger partial charge in [0, 0.05) is 23.4 Å². The Bertz CT molecular complexity index is 1070. The van der Waals surface area contributed by atoms with Crippen molar-refractivity contribution in [1.29, 1.82) is 0 Å². The molecule has 0 spiro atoms. The highest BCUT2D eigenvalue weighted by molar-refractivity contribution is 6.35. The summed E-state index contributed by atoms with van der Waals surface area (Å²) in [6.45, 7) is 5.66. The van der Waals surface area contributed by atoms with Crippen molar-refractivity contribution in [2.24, 2.45) is 5.73 Å². The Morgan fingerprint density at radius 2 is 1.72 bits per heavy atom. The summed E-state index contributed by atoms with van der Waals surface area (Å²) in [4.78, 5) is 26.6. The first-order valence-corrected chi connectivity index (χ1v) is 10.1. The quantitative estimate of drug-likeness (QED) is 0.461. The van der Waals surface area contributed by atoms with E-state index in [0.717, 1.165) is 23.3 Å². The van der Waals surface area contributed by atoms with Gasteiger partial charge in [0.25, 0.3) is 5.91 Å². The second kappa shape index (κ2) is 9.04. The number of allylic oxidation sites excluding steroid dienone is 1. The van der Waals surface area contributed by atoms with Crippen LogP contribution >= 0.6 is 0 Å². The molecule has 0 aromatic heterocycles. The van der Waals surface area contributed by atoms with E-state index in [1.807, 2.05) is 19.9 Å². The van der Waals surface area contributed by atoms with Gasteiger partial charge in [-0.25, -0.2) is 0 Å². The smallest absolute Gasteiger partial charge is 0.330 e. The fraction of sp³-hybridized carbons (Fsp3) is 0.304. The zero-order valence-electron chi connectivity index (χ0n) is 18.1. The topological polar surface area (TPSA) is 87.5 Å². The van der Waals surface area contributed by atoms with E-state index >= 15 is 0 Å². The highest BCUT2D eigenvalue weighted by atomic mass is 19.4. The van der Waals surface area contributed by atoms with Gasteiger partial charge in [-0.05, 0) is 69.1 Å². The zero-order chi connectivity index (χ0) is 23.6. The third-order valence-electron chi connectivity index (χ3n) is 5.09. The molecular weight excluding hydrogens is 421 g/mol. The number of aryl methyl sites for hydroxylation is 2. The molecule has 1 aliphatic heterocycles. The molecule has 1 aliphatic rings. The first kappa shape index (κ1) is 23.3. The summed E-state index contributed by atoms with van der Waals surface area (Å²) >= 11 is 0. The lowest BCUT2D eigenvalue weighted by molar-refractivity contribution is -0.137. The Morgan fingerprint density at radius 1 is 1.06 bits per heavy atom. The van der Waals surface area contributed by atoms with Gasteiger partial charge in [-0.1, -0.05) is 12.1 Å². The number of amides is 2. The van der Waals surface area contributed by atoms with E-state index in [9.17, 15) is 22.8 Å². The molecule has 0 bridgehead atoms. The van der Waals surface area contributed by atoms with E-state index < -0.39 is 17.6 Å². The van der Waals surface area contributed by atoms with Crippen molar-refractivity contribution in [3.8, 4) is 0 Å². The van der Waals surface area contributed by atoms with Crippen molar-refractivity contribution >= 4 is 28.8 Å². The number of fused-ring (bicyclic) bond motifs is 1. The minimum atomic E-state index is -4.55. The number of nitrogens with one attached hydrogen (secondary N) is 2. The SMILES string of the molecule is C/C(NNC(=O)CCCN)=C1/C(=O)N(c2cc(C)cc(C)c2)c2cc(C(F)(F)F)ccc21. The molecule has 0 radical (unpaired) electrons. The Hall–Kier alpha value is -3.33. The van der Waals surface area contributed by atoms with Gasteiger partial charge in [-0.15, -0.1) is 0 Å².